The van der Waals surface area contributed by atoms with E-state index in [9.17, 15) is 4.79 Å². The van der Waals surface area contributed by atoms with Crippen LogP contribution in [0.1, 0.15) is 11.1 Å². The van der Waals surface area contributed by atoms with Crippen molar-refractivity contribution in [2.45, 2.75) is 13.0 Å². The maximum absolute atomic E-state index is 10.7. The van der Waals surface area contributed by atoms with E-state index in [1.54, 1.807) is 0 Å². The summed E-state index contributed by atoms with van der Waals surface area (Å²) in [6, 6.07) is 15.9. The Kier molecular flexibility index (Phi) is 5.33. The van der Waals surface area contributed by atoms with Gasteiger partial charge in [0, 0.05) is 19.0 Å². The molecule has 0 spiro atoms. The first-order valence-corrected chi connectivity index (χ1v) is 8.12. The molecule has 126 valence electrons. The van der Waals surface area contributed by atoms with Gasteiger partial charge in [0.2, 0.25) is 0 Å². The van der Waals surface area contributed by atoms with Gasteiger partial charge in [0.1, 0.15) is 11.5 Å². The van der Waals surface area contributed by atoms with Crippen molar-refractivity contribution in [1.82, 2.24) is 5.32 Å². The van der Waals surface area contributed by atoms with Gasteiger partial charge in [-0.05, 0) is 35.7 Å². The van der Waals surface area contributed by atoms with Crippen LogP contribution >= 0.6 is 0 Å². The average molecular weight is 326 g/mol. The Morgan fingerprint density at radius 3 is 2.79 bits per heavy atom. The number of nitrogens with two attached hydrogens (primary N) is 1. The summed E-state index contributed by atoms with van der Waals surface area (Å²) in [6.07, 6.45) is 1.04. The molecule has 0 saturated carbocycles. The maximum atomic E-state index is 10.7. The van der Waals surface area contributed by atoms with Crippen molar-refractivity contribution in [3.05, 3.63) is 59.7 Å². The van der Waals surface area contributed by atoms with E-state index in [4.69, 9.17) is 15.2 Å². The number of carbonyl (C=O) groups excluding carboxylic acids is 1. The number of benzene rings is 2. The SMILES string of the molecule is NC(=O)COc1ccc(CNCC2COc3ccccc3C2)cc1. The van der Waals surface area contributed by atoms with E-state index in [1.165, 1.54) is 11.1 Å². The maximum Gasteiger partial charge on any atom is 0.255 e. The van der Waals surface area contributed by atoms with Crippen molar-refractivity contribution in [1.29, 1.82) is 0 Å². The first-order valence-electron chi connectivity index (χ1n) is 8.12. The summed E-state index contributed by atoms with van der Waals surface area (Å²) < 4.78 is 11.1. The number of nitrogens with one attached hydrogen (secondary N) is 1. The highest BCUT2D eigenvalue weighted by atomic mass is 16.5. The van der Waals surface area contributed by atoms with E-state index < -0.39 is 5.91 Å². The van der Waals surface area contributed by atoms with Gasteiger partial charge in [0.25, 0.3) is 5.91 Å². The van der Waals surface area contributed by atoms with Gasteiger partial charge < -0.3 is 20.5 Å². The van der Waals surface area contributed by atoms with Gasteiger partial charge in [-0.15, -0.1) is 0 Å². The van der Waals surface area contributed by atoms with Gasteiger partial charge in [-0.1, -0.05) is 30.3 Å². The van der Waals surface area contributed by atoms with Crippen LogP contribution in [0.2, 0.25) is 0 Å². The molecule has 1 aliphatic heterocycles. The van der Waals surface area contributed by atoms with Gasteiger partial charge in [-0.3, -0.25) is 4.79 Å². The molecule has 1 aliphatic rings. The van der Waals surface area contributed by atoms with E-state index in [-0.39, 0.29) is 6.61 Å². The summed E-state index contributed by atoms with van der Waals surface area (Å²) in [5, 5.41) is 3.48. The molecule has 1 atom stereocenters. The fourth-order valence-electron chi connectivity index (χ4n) is 2.80. The summed E-state index contributed by atoms with van der Waals surface area (Å²) >= 11 is 0. The molecule has 5 heteroatoms. The third-order valence-electron chi connectivity index (χ3n) is 4.02. The van der Waals surface area contributed by atoms with E-state index in [0.29, 0.717) is 11.7 Å². The van der Waals surface area contributed by atoms with Crippen LogP contribution in [0, 0.1) is 5.92 Å². The van der Waals surface area contributed by atoms with Gasteiger partial charge in [-0.2, -0.15) is 0 Å². The number of para-hydroxylation sites is 1. The highest BCUT2D eigenvalue weighted by molar-refractivity contribution is 5.75. The molecule has 0 aromatic heterocycles. The third kappa shape index (κ3) is 4.49. The summed E-state index contributed by atoms with van der Waals surface area (Å²) in [5.41, 5.74) is 7.50. The Morgan fingerprint density at radius 2 is 2.00 bits per heavy atom. The van der Waals surface area contributed by atoms with E-state index in [2.05, 4.69) is 17.4 Å². The lowest BCUT2D eigenvalue weighted by Gasteiger charge is -2.25. The van der Waals surface area contributed by atoms with Crippen molar-refractivity contribution in [2.24, 2.45) is 11.7 Å². The standard InChI is InChI=1S/C19H22N2O3/c20-19(22)13-23-17-7-5-14(6-8-17)10-21-11-15-9-16-3-1-2-4-18(16)24-12-15/h1-8,15,21H,9-13H2,(H2,20,22). The highest BCUT2D eigenvalue weighted by Crippen LogP contribution is 2.26. The third-order valence-corrected chi connectivity index (χ3v) is 4.02. The number of primary amides is 1. The molecule has 3 rings (SSSR count). The largest absolute Gasteiger partial charge is 0.493 e. The van der Waals surface area contributed by atoms with Crippen LogP contribution in [-0.2, 0) is 17.8 Å². The summed E-state index contributed by atoms with van der Waals surface area (Å²) in [7, 11) is 0. The quantitative estimate of drug-likeness (QED) is 0.815. The number of ether oxygens (including phenoxy) is 2. The number of fused-ring (bicyclic) bond motifs is 1. The number of hydrogen-bond donors (Lipinski definition) is 2. The number of carbonyl (C=O) groups is 1. The van der Waals surface area contributed by atoms with Crippen LogP contribution in [0.15, 0.2) is 48.5 Å². The summed E-state index contributed by atoms with van der Waals surface area (Å²) in [4.78, 5) is 10.7. The molecule has 0 radical (unpaired) electrons. The zero-order valence-electron chi connectivity index (χ0n) is 13.5. The summed E-state index contributed by atoms with van der Waals surface area (Å²) in [6.45, 7) is 2.35. The Morgan fingerprint density at radius 1 is 1.21 bits per heavy atom. The summed E-state index contributed by atoms with van der Waals surface area (Å²) in [5.74, 6) is 1.67. The predicted molar refractivity (Wildman–Crippen MR) is 92.0 cm³/mol. The molecular formula is C19H22N2O3. The van der Waals surface area contributed by atoms with Crippen molar-refractivity contribution < 1.29 is 14.3 Å². The van der Waals surface area contributed by atoms with Crippen LogP contribution in [0.5, 0.6) is 11.5 Å². The van der Waals surface area contributed by atoms with Gasteiger partial charge in [0.05, 0.1) is 6.61 Å². The molecule has 3 N–H and O–H groups in total. The van der Waals surface area contributed by atoms with Crippen LogP contribution in [0.25, 0.3) is 0 Å². The number of amides is 1. The Hall–Kier alpha value is -2.53. The van der Waals surface area contributed by atoms with Gasteiger partial charge in [-0.25, -0.2) is 0 Å². The lowest BCUT2D eigenvalue weighted by Crippen LogP contribution is -2.31. The number of hydrogen-bond acceptors (Lipinski definition) is 4. The Balaban J connectivity index is 1.43. The molecular weight excluding hydrogens is 304 g/mol. The van der Waals surface area contributed by atoms with Crippen molar-refractivity contribution in [3.8, 4) is 11.5 Å². The molecule has 1 unspecified atom stereocenters. The number of rotatable bonds is 7. The normalized spacial score (nSPS) is 16.1. The zero-order chi connectivity index (χ0) is 16.8. The molecule has 2 aromatic rings. The Labute approximate surface area is 141 Å². The zero-order valence-corrected chi connectivity index (χ0v) is 13.5. The molecule has 1 heterocycles. The fourth-order valence-corrected chi connectivity index (χ4v) is 2.80. The first kappa shape index (κ1) is 16.3. The van der Waals surface area contributed by atoms with Crippen LogP contribution in [0.3, 0.4) is 0 Å². The van der Waals surface area contributed by atoms with E-state index in [1.807, 2.05) is 36.4 Å². The topological polar surface area (TPSA) is 73.6 Å². The molecule has 1 amide bonds. The average Bonchev–Trinajstić information content (AvgIpc) is 2.61. The second-order valence-corrected chi connectivity index (χ2v) is 6.02. The van der Waals surface area contributed by atoms with Crippen molar-refractivity contribution in [2.75, 3.05) is 19.8 Å². The van der Waals surface area contributed by atoms with Gasteiger partial charge >= 0.3 is 0 Å². The minimum Gasteiger partial charge on any atom is -0.493 e. The van der Waals surface area contributed by atoms with Crippen molar-refractivity contribution >= 4 is 5.91 Å². The molecule has 24 heavy (non-hydrogen) atoms. The smallest absolute Gasteiger partial charge is 0.255 e. The van der Waals surface area contributed by atoms with E-state index in [0.717, 1.165) is 31.9 Å². The minimum absolute atomic E-state index is 0.0965. The molecule has 0 fully saturated rings. The fraction of sp³-hybridized carbons (Fsp3) is 0.316. The predicted octanol–water partition coefficient (Wildman–Crippen LogP) is 1.89. The van der Waals surface area contributed by atoms with Crippen LogP contribution < -0.4 is 20.5 Å². The van der Waals surface area contributed by atoms with Crippen LogP contribution in [0.4, 0.5) is 0 Å². The Bertz CT molecular complexity index is 685. The lowest BCUT2D eigenvalue weighted by molar-refractivity contribution is -0.119. The highest BCUT2D eigenvalue weighted by Gasteiger charge is 2.18. The molecule has 0 saturated heterocycles. The lowest BCUT2D eigenvalue weighted by atomic mass is 9.97. The van der Waals surface area contributed by atoms with Crippen molar-refractivity contribution in [3.63, 3.8) is 0 Å². The molecule has 5 nitrogen and oxygen atoms in total. The molecule has 0 bridgehead atoms. The van der Waals surface area contributed by atoms with E-state index >= 15 is 0 Å². The first-order chi connectivity index (χ1) is 11.7. The second-order valence-electron chi connectivity index (χ2n) is 6.02. The second kappa shape index (κ2) is 7.84. The monoisotopic (exact) mass is 326 g/mol. The molecule has 0 aliphatic carbocycles. The minimum atomic E-state index is -0.475. The van der Waals surface area contributed by atoms with Gasteiger partial charge in [0.15, 0.2) is 6.61 Å². The van der Waals surface area contributed by atoms with Crippen LogP contribution in [-0.4, -0.2) is 25.7 Å². The molecule has 2 aromatic carbocycles.